The van der Waals surface area contributed by atoms with E-state index >= 15 is 0 Å². The molecule has 0 aliphatic heterocycles. The lowest BCUT2D eigenvalue weighted by Crippen LogP contribution is -2.30. The van der Waals surface area contributed by atoms with Gasteiger partial charge in [0.15, 0.2) is 12.2 Å². The Morgan fingerprint density at radius 2 is 0.548 bits per heavy atom. The minimum Gasteiger partial charge on any atom is -0.462 e. The highest BCUT2D eigenvalue weighted by atomic mass is 31.2. The standard InChI is InChI=1S/C74H144O17P2/c1-7-10-12-14-16-17-18-19-20-23-26-29-32-39-45-51-57-72(77)85-63-70(90-73(78)58-52-46-40-33-30-27-24-21-22-25-28-31-37-42-48-54-66(4)5)65-89-93(82,83)87-61-68(75)60-86-92(80,81)88-64-69(62-84-71(76)56-50-44-36-15-13-11-8-2)91-74(79)59-53-47-41-35-34-38-43-49-55-67(6)9-3/h66-70,75H,7-65H2,1-6H3,(H,80,81)(H,82,83)/t67?,68-,69+,70+/m0/s1. The van der Waals surface area contributed by atoms with E-state index in [-0.39, 0.29) is 25.7 Å². The van der Waals surface area contributed by atoms with E-state index < -0.39 is 97.5 Å². The van der Waals surface area contributed by atoms with E-state index in [4.69, 9.17) is 37.0 Å². The van der Waals surface area contributed by atoms with E-state index in [1.165, 1.54) is 186 Å². The first kappa shape index (κ1) is 91.1. The van der Waals surface area contributed by atoms with E-state index in [0.717, 1.165) is 115 Å². The maximum atomic E-state index is 13.1. The van der Waals surface area contributed by atoms with Crippen molar-refractivity contribution in [2.24, 2.45) is 11.8 Å². The lowest BCUT2D eigenvalue weighted by Gasteiger charge is -2.21. The zero-order chi connectivity index (χ0) is 68.6. The molecule has 0 heterocycles. The van der Waals surface area contributed by atoms with E-state index in [2.05, 4.69) is 41.5 Å². The molecule has 0 fully saturated rings. The fraction of sp³-hybridized carbons (Fsp3) is 0.946. The molecule has 0 aromatic rings. The van der Waals surface area contributed by atoms with Gasteiger partial charge < -0.3 is 33.8 Å². The highest BCUT2D eigenvalue weighted by Gasteiger charge is 2.30. The molecule has 0 spiro atoms. The average molecular weight is 1370 g/mol. The van der Waals surface area contributed by atoms with Gasteiger partial charge in [0.05, 0.1) is 26.4 Å². The summed E-state index contributed by atoms with van der Waals surface area (Å²) in [4.78, 5) is 72.6. The van der Waals surface area contributed by atoms with Gasteiger partial charge in [0.2, 0.25) is 0 Å². The van der Waals surface area contributed by atoms with Gasteiger partial charge in [-0.1, -0.05) is 330 Å². The van der Waals surface area contributed by atoms with Gasteiger partial charge >= 0.3 is 39.5 Å². The van der Waals surface area contributed by atoms with Gasteiger partial charge in [0.1, 0.15) is 19.3 Å². The topological polar surface area (TPSA) is 237 Å². The Morgan fingerprint density at radius 1 is 0.312 bits per heavy atom. The van der Waals surface area contributed by atoms with Crippen molar-refractivity contribution >= 4 is 39.5 Å². The highest BCUT2D eigenvalue weighted by Crippen LogP contribution is 2.45. The number of aliphatic hydroxyl groups is 1. The van der Waals surface area contributed by atoms with Crippen LogP contribution in [0.4, 0.5) is 0 Å². The summed E-state index contributed by atoms with van der Waals surface area (Å²) in [6.07, 6.45) is 52.8. The number of esters is 4. The van der Waals surface area contributed by atoms with Gasteiger partial charge in [0, 0.05) is 25.7 Å². The number of carbonyl (C=O) groups excluding carboxylic acids is 4. The van der Waals surface area contributed by atoms with Crippen molar-refractivity contribution in [3.8, 4) is 0 Å². The van der Waals surface area contributed by atoms with Gasteiger partial charge in [-0.05, 0) is 37.5 Å². The fourth-order valence-electron chi connectivity index (χ4n) is 11.3. The van der Waals surface area contributed by atoms with Crippen LogP contribution in [0.25, 0.3) is 0 Å². The van der Waals surface area contributed by atoms with Gasteiger partial charge in [-0.3, -0.25) is 37.3 Å². The highest BCUT2D eigenvalue weighted by molar-refractivity contribution is 7.47. The smallest absolute Gasteiger partial charge is 0.462 e. The van der Waals surface area contributed by atoms with Crippen LogP contribution in [0.3, 0.4) is 0 Å². The van der Waals surface area contributed by atoms with Crippen LogP contribution in [0.15, 0.2) is 0 Å². The van der Waals surface area contributed by atoms with Crippen LogP contribution in [0.2, 0.25) is 0 Å². The summed E-state index contributed by atoms with van der Waals surface area (Å²) in [6, 6.07) is 0. The van der Waals surface area contributed by atoms with Crippen LogP contribution in [0.5, 0.6) is 0 Å². The Kier molecular flexibility index (Phi) is 64.6. The largest absolute Gasteiger partial charge is 0.472 e. The van der Waals surface area contributed by atoms with Gasteiger partial charge in [-0.2, -0.15) is 0 Å². The number of hydrogen-bond acceptors (Lipinski definition) is 15. The number of unbranched alkanes of at least 4 members (excludes halogenated alkanes) is 42. The van der Waals surface area contributed by atoms with Crippen molar-refractivity contribution in [1.29, 1.82) is 0 Å². The first-order chi connectivity index (χ1) is 44.9. The summed E-state index contributed by atoms with van der Waals surface area (Å²) in [5, 5.41) is 10.6. The molecular formula is C74H144O17P2. The number of phosphoric ester groups is 2. The van der Waals surface area contributed by atoms with Crippen molar-refractivity contribution < 1.29 is 80.2 Å². The number of phosphoric acid groups is 2. The molecule has 0 bridgehead atoms. The average Bonchev–Trinajstić information content (AvgIpc) is 2.59. The number of carbonyl (C=O) groups is 4. The fourth-order valence-corrected chi connectivity index (χ4v) is 12.8. The summed E-state index contributed by atoms with van der Waals surface area (Å²) in [7, 11) is -9.90. The van der Waals surface area contributed by atoms with Crippen LogP contribution >= 0.6 is 15.6 Å². The molecule has 6 atom stereocenters. The van der Waals surface area contributed by atoms with Crippen molar-refractivity contribution in [3.63, 3.8) is 0 Å². The lowest BCUT2D eigenvalue weighted by atomic mass is 9.99. The number of hydrogen-bond donors (Lipinski definition) is 3. The van der Waals surface area contributed by atoms with Crippen molar-refractivity contribution in [2.75, 3.05) is 39.6 Å². The third-order valence-corrected chi connectivity index (χ3v) is 19.5. The normalized spacial score (nSPS) is 14.3. The summed E-state index contributed by atoms with van der Waals surface area (Å²) in [6.45, 7) is 9.56. The molecule has 0 aliphatic rings. The Bertz CT molecular complexity index is 1810. The molecule has 0 aromatic heterocycles. The summed E-state index contributed by atoms with van der Waals surface area (Å²) >= 11 is 0. The third-order valence-electron chi connectivity index (χ3n) is 17.6. The molecular weight excluding hydrogens is 1220 g/mol. The molecule has 552 valence electrons. The minimum absolute atomic E-state index is 0.105. The molecule has 0 saturated heterocycles. The molecule has 0 aromatic carbocycles. The molecule has 17 nitrogen and oxygen atoms in total. The molecule has 0 amide bonds. The molecule has 93 heavy (non-hydrogen) atoms. The van der Waals surface area contributed by atoms with Crippen LogP contribution in [-0.4, -0.2) is 96.7 Å². The monoisotopic (exact) mass is 1370 g/mol. The summed E-state index contributed by atoms with van der Waals surface area (Å²) in [5.74, 6) is -0.551. The zero-order valence-electron chi connectivity index (χ0n) is 60.6. The predicted molar refractivity (Wildman–Crippen MR) is 377 cm³/mol. The molecule has 3 unspecified atom stereocenters. The Hall–Kier alpha value is -1.94. The van der Waals surface area contributed by atoms with E-state index in [1.54, 1.807) is 0 Å². The minimum atomic E-state index is -4.95. The van der Waals surface area contributed by atoms with Crippen LogP contribution in [-0.2, 0) is 65.4 Å². The second-order valence-corrected chi connectivity index (χ2v) is 30.3. The maximum absolute atomic E-state index is 13.1. The van der Waals surface area contributed by atoms with E-state index in [1.807, 2.05) is 0 Å². The molecule has 0 radical (unpaired) electrons. The van der Waals surface area contributed by atoms with Crippen LogP contribution in [0, 0.1) is 11.8 Å². The van der Waals surface area contributed by atoms with Crippen molar-refractivity contribution in [3.05, 3.63) is 0 Å². The Balaban J connectivity index is 5.20. The summed E-state index contributed by atoms with van der Waals surface area (Å²) in [5.41, 5.74) is 0. The van der Waals surface area contributed by atoms with Crippen LogP contribution in [0.1, 0.15) is 382 Å². The quantitative estimate of drug-likeness (QED) is 0.0222. The SMILES string of the molecule is CCCCCCCCCCCCCCCCCCC(=O)OC[C@H](COP(=O)(O)OC[C@@H](O)COP(=O)(O)OC[C@@H](COC(=O)CCCCCCCCC)OC(=O)CCCCCCCCCCC(C)CC)OC(=O)CCCCCCCCCCCCCCCCCC(C)C. The van der Waals surface area contributed by atoms with Crippen LogP contribution < -0.4 is 0 Å². The molecule has 3 N–H and O–H groups in total. The first-order valence-corrected chi connectivity index (χ1v) is 41.5. The maximum Gasteiger partial charge on any atom is 0.472 e. The molecule has 0 rings (SSSR count). The third kappa shape index (κ3) is 67.0. The number of rotatable bonds is 73. The Labute approximate surface area is 568 Å². The predicted octanol–water partition coefficient (Wildman–Crippen LogP) is 21.6. The number of ether oxygens (including phenoxy) is 4. The van der Waals surface area contributed by atoms with Gasteiger partial charge in [-0.15, -0.1) is 0 Å². The number of aliphatic hydroxyl groups excluding tert-OH is 1. The second-order valence-electron chi connectivity index (χ2n) is 27.4. The van der Waals surface area contributed by atoms with E-state index in [9.17, 15) is 43.2 Å². The summed E-state index contributed by atoms with van der Waals surface area (Å²) < 4.78 is 68.3. The van der Waals surface area contributed by atoms with Crippen molar-refractivity contribution in [2.45, 2.75) is 400 Å². The molecule has 0 aliphatic carbocycles. The van der Waals surface area contributed by atoms with Crippen molar-refractivity contribution in [1.82, 2.24) is 0 Å². The second kappa shape index (κ2) is 66.0. The van der Waals surface area contributed by atoms with Gasteiger partial charge in [-0.25, -0.2) is 9.13 Å². The molecule has 0 saturated carbocycles. The lowest BCUT2D eigenvalue weighted by molar-refractivity contribution is -0.161. The zero-order valence-corrected chi connectivity index (χ0v) is 62.3. The van der Waals surface area contributed by atoms with Gasteiger partial charge in [0.25, 0.3) is 0 Å². The van der Waals surface area contributed by atoms with E-state index in [0.29, 0.717) is 25.7 Å². The molecule has 19 heteroatoms. The first-order valence-electron chi connectivity index (χ1n) is 38.5. The Morgan fingerprint density at radius 3 is 0.817 bits per heavy atom.